The van der Waals surface area contributed by atoms with Crippen LogP contribution >= 0.6 is 11.8 Å². The van der Waals surface area contributed by atoms with Crippen molar-refractivity contribution in [1.29, 1.82) is 0 Å². The van der Waals surface area contributed by atoms with Crippen LogP contribution in [0.4, 0.5) is 13.2 Å². The molecule has 0 aliphatic heterocycles. The van der Waals surface area contributed by atoms with Gasteiger partial charge in [0.1, 0.15) is 0 Å². The summed E-state index contributed by atoms with van der Waals surface area (Å²) >= 11 is 0.912. The van der Waals surface area contributed by atoms with Crippen molar-refractivity contribution in [1.82, 2.24) is 9.55 Å². The highest BCUT2D eigenvalue weighted by Gasteiger charge is 2.27. The molecule has 0 aliphatic rings. The van der Waals surface area contributed by atoms with Crippen molar-refractivity contribution >= 4 is 17.7 Å². The highest BCUT2D eigenvalue weighted by molar-refractivity contribution is 7.99. The molecule has 1 heterocycles. The number of aliphatic carboxylic acids is 1. The quantitative estimate of drug-likeness (QED) is 0.833. The summed E-state index contributed by atoms with van der Waals surface area (Å²) in [5.41, 5.74) is 0.570. The van der Waals surface area contributed by atoms with Crippen LogP contribution in [-0.4, -0.2) is 32.6 Å². The molecule has 17 heavy (non-hydrogen) atoms. The summed E-state index contributed by atoms with van der Waals surface area (Å²) in [6.07, 6.45) is -3.70. The van der Waals surface area contributed by atoms with Gasteiger partial charge in [-0.15, -0.1) is 0 Å². The number of hydrogen-bond donors (Lipinski definition) is 1. The molecule has 0 saturated carbocycles. The van der Waals surface area contributed by atoms with E-state index in [1.54, 1.807) is 6.92 Å². The van der Waals surface area contributed by atoms with Gasteiger partial charge in [-0.2, -0.15) is 13.2 Å². The molecule has 0 aliphatic carbocycles. The van der Waals surface area contributed by atoms with Gasteiger partial charge in [-0.05, 0) is 6.92 Å². The number of thioether (sulfide) groups is 1. The van der Waals surface area contributed by atoms with Crippen LogP contribution in [0.1, 0.15) is 12.1 Å². The summed E-state index contributed by atoms with van der Waals surface area (Å²) < 4.78 is 37.5. The lowest BCUT2D eigenvalue weighted by Gasteiger charge is -2.08. The predicted molar refractivity (Wildman–Crippen MR) is 56.0 cm³/mol. The van der Waals surface area contributed by atoms with E-state index < -0.39 is 18.6 Å². The second-order valence-electron chi connectivity index (χ2n) is 3.41. The molecule has 1 N–H and O–H groups in total. The third-order valence-corrected chi connectivity index (χ3v) is 2.80. The molecule has 0 amide bonds. The molecular weight excluding hydrogens is 257 g/mol. The molecule has 1 rings (SSSR count). The molecule has 0 aromatic carbocycles. The minimum atomic E-state index is -4.23. The fourth-order valence-electron chi connectivity index (χ4n) is 1.17. The lowest BCUT2D eigenvalue weighted by atomic mass is 10.4. The molecule has 0 bridgehead atoms. The number of carboxylic acids is 1. The smallest absolute Gasteiger partial charge is 0.390 e. The number of rotatable bonds is 5. The summed E-state index contributed by atoms with van der Waals surface area (Å²) in [5, 5.41) is 8.79. The lowest BCUT2D eigenvalue weighted by Crippen LogP contribution is -2.12. The number of hydrogen-bond acceptors (Lipinski definition) is 3. The largest absolute Gasteiger partial charge is 0.481 e. The Balaban J connectivity index is 2.67. The van der Waals surface area contributed by atoms with E-state index in [2.05, 4.69) is 4.98 Å². The number of aryl methyl sites for hydroxylation is 2. The van der Waals surface area contributed by atoms with Crippen LogP contribution in [0.5, 0.6) is 0 Å². The van der Waals surface area contributed by atoms with Crippen LogP contribution in [0, 0.1) is 6.92 Å². The fourth-order valence-corrected chi connectivity index (χ4v) is 1.94. The number of alkyl halides is 3. The van der Waals surface area contributed by atoms with Crippen molar-refractivity contribution in [2.75, 3.05) is 5.75 Å². The molecule has 1 aromatic heterocycles. The zero-order chi connectivity index (χ0) is 13.1. The first-order valence-electron chi connectivity index (χ1n) is 4.73. The fraction of sp³-hybridized carbons (Fsp3) is 0.556. The maximum absolute atomic E-state index is 12.1. The van der Waals surface area contributed by atoms with Crippen molar-refractivity contribution in [2.45, 2.75) is 31.2 Å². The Morgan fingerprint density at radius 2 is 2.24 bits per heavy atom. The monoisotopic (exact) mass is 268 g/mol. The van der Waals surface area contributed by atoms with Crippen molar-refractivity contribution in [2.24, 2.45) is 0 Å². The lowest BCUT2D eigenvalue weighted by molar-refractivity contribution is -0.137. The Kier molecular flexibility index (Phi) is 4.44. The van der Waals surface area contributed by atoms with Gasteiger partial charge in [0, 0.05) is 12.7 Å². The first-order valence-corrected chi connectivity index (χ1v) is 5.71. The average Bonchev–Trinajstić information content (AvgIpc) is 2.52. The third kappa shape index (κ3) is 5.12. The molecule has 0 fully saturated rings. The Bertz CT molecular complexity index is 403. The van der Waals surface area contributed by atoms with Crippen LogP contribution in [0.3, 0.4) is 0 Å². The van der Waals surface area contributed by atoms with Gasteiger partial charge in [0.05, 0.1) is 17.9 Å². The van der Waals surface area contributed by atoms with Crippen molar-refractivity contribution in [3.8, 4) is 0 Å². The number of carboxylic acid groups (broad SMARTS) is 1. The predicted octanol–water partition coefficient (Wildman–Crippen LogP) is 2.32. The summed E-state index contributed by atoms with van der Waals surface area (Å²) in [6, 6.07) is 0. The van der Waals surface area contributed by atoms with Crippen LogP contribution in [0.25, 0.3) is 0 Å². The average molecular weight is 268 g/mol. The first-order chi connectivity index (χ1) is 7.78. The molecule has 0 unspecified atom stereocenters. The molecule has 4 nitrogen and oxygen atoms in total. The minimum Gasteiger partial charge on any atom is -0.481 e. The number of carbonyl (C=O) groups is 1. The molecule has 0 saturated heterocycles. The zero-order valence-electron chi connectivity index (χ0n) is 8.99. The summed E-state index contributed by atoms with van der Waals surface area (Å²) in [7, 11) is 0. The van der Waals surface area contributed by atoms with E-state index in [0.717, 1.165) is 11.8 Å². The Morgan fingerprint density at radius 1 is 1.59 bits per heavy atom. The van der Waals surface area contributed by atoms with Crippen LogP contribution < -0.4 is 0 Å². The Labute approximate surface area is 99.8 Å². The van der Waals surface area contributed by atoms with Crippen molar-refractivity contribution in [3.63, 3.8) is 0 Å². The van der Waals surface area contributed by atoms with Gasteiger partial charge in [-0.3, -0.25) is 4.79 Å². The molecule has 0 radical (unpaired) electrons. The number of imidazole rings is 1. The highest BCUT2D eigenvalue weighted by atomic mass is 32.2. The van der Waals surface area contributed by atoms with Gasteiger partial charge in [0.15, 0.2) is 5.16 Å². The molecular formula is C9H11F3N2O2S. The minimum absolute atomic E-state index is 0.220. The molecule has 1 aromatic rings. The Morgan fingerprint density at radius 3 is 2.76 bits per heavy atom. The van der Waals surface area contributed by atoms with E-state index in [1.165, 1.54) is 10.8 Å². The van der Waals surface area contributed by atoms with E-state index in [9.17, 15) is 18.0 Å². The standard InChI is InChI=1S/C9H11F3N2O2S/c1-6-4-14(3-2-9(10,11)12)8(13-6)17-5-7(15)16/h4H,2-3,5H2,1H3,(H,15,16). The summed E-state index contributed by atoms with van der Waals surface area (Å²) in [4.78, 5) is 14.3. The maximum atomic E-state index is 12.1. The second-order valence-corrected chi connectivity index (χ2v) is 4.35. The summed E-state index contributed by atoms with van der Waals surface area (Å²) in [6.45, 7) is 1.40. The van der Waals surface area contributed by atoms with Gasteiger partial charge in [0.2, 0.25) is 0 Å². The van der Waals surface area contributed by atoms with E-state index in [1.807, 2.05) is 0 Å². The number of aromatic nitrogens is 2. The van der Waals surface area contributed by atoms with E-state index in [4.69, 9.17) is 5.11 Å². The van der Waals surface area contributed by atoms with Gasteiger partial charge in [-0.25, -0.2) is 4.98 Å². The molecule has 8 heteroatoms. The molecule has 96 valence electrons. The topological polar surface area (TPSA) is 55.1 Å². The SMILES string of the molecule is Cc1cn(CCC(F)(F)F)c(SCC(=O)O)n1. The van der Waals surface area contributed by atoms with Gasteiger partial charge in [-0.1, -0.05) is 11.8 Å². The normalized spacial score (nSPS) is 11.8. The second kappa shape index (κ2) is 5.44. The summed E-state index contributed by atoms with van der Waals surface area (Å²) in [5.74, 6) is -1.25. The van der Waals surface area contributed by atoms with E-state index >= 15 is 0 Å². The van der Waals surface area contributed by atoms with Crippen molar-refractivity contribution in [3.05, 3.63) is 11.9 Å². The number of halogens is 3. The van der Waals surface area contributed by atoms with Crippen LogP contribution in [0.2, 0.25) is 0 Å². The van der Waals surface area contributed by atoms with E-state index in [0.29, 0.717) is 10.9 Å². The van der Waals surface area contributed by atoms with E-state index in [-0.39, 0.29) is 12.3 Å². The first kappa shape index (κ1) is 13.9. The van der Waals surface area contributed by atoms with Crippen LogP contribution in [-0.2, 0) is 11.3 Å². The molecule has 0 spiro atoms. The van der Waals surface area contributed by atoms with Gasteiger partial charge >= 0.3 is 12.1 Å². The van der Waals surface area contributed by atoms with Gasteiger partial charge < -0.3 is 9.67 Å². The van der Waals surface area contributed by atoms with Crippen LogP contribution in [0.15, 0.2) is 11.4 Å². The third-order valence-electron chi connectivity index (χ3n) is 1.82. The highest BCUT2D eigenvalue weighted by Crippen LogP contribution is 2.23. The zero-order valence-corrected chi connectivity index (χ0v) is 9.81. The van der Waals surface area contributed by atoms with Gasteiger partial charge in [0.25, 0.3) is 0 Å². The molecule has 0 atom stereocenters. The van der Waals surface area contributed by atoms with Crippen molar-refractivity contribution < 1.29 is 23.1 Å². The Hall–Kier alpha value is -1.18. The number of nitrogens with zero attached hydrogens (tertiary/aromatic N) is 2. The maximum Gasteiger partial charge on any atom is 0.390 e.